The normalized spacial score (nSPS) is 24.7. The highest BCUT2D eigenvalue weighted by Crippen LogP contribution is 2.47. The predicted molar refractivity (Wildman–Crippen MR) is 173 cm³/mol. The van der Waals surface area contributed by atoms with Gasteiger partial charge in [0, 0.05) is 53.1 Å². The van der Waals surface area contributed by atoms with Gasteiger partial charge in [-0.1, -0.05) is 13.8 Å². The van der Waals surface area contributed by atoms with Gasteiger partial charge in [-0.15, -0.1) is 11.6 Å². The summed E-state index contributed by atoms with van der Waals surface area (Å²) in [6.45, 7) is 12.8. The molecule has 2 N–H and O–H groups in total. The van der Waals surface area contributed by atoms with Gasteiger partial charge in [0.25, 0.3) is 0 Å². The van der Waals surface area contributed by atoms with Crippen LogP contribution in [0.2, 0.25) is 0 Å². The first-order chi connectivity index (χ1) is 20.6. The summed E-state index contributed by atoms with van der Waals surface area (Å²) in [5.41, 5.74) is 15.8. The fraction of sp³-hybridized carbons (Fsp3) is 0.429. The molecule has 0 spiro atoms. The monoisotopic (exact) mass is 598 g/mol. The van der Waals surface area contributed by atoms with Crippen LogP contribution < -0.4 is 5.32 Å². The molecule has 0 amide bonds. The molecular weight excluding hydrogens is 560 g/mol. The quantitative estimate of drug-likeness (QED) is 0.243. The molecule has 8 bridgehead atoms. The second-order valence-electron chi connectivity index (χ2n) is 12.1. The number of nitrogens with zero attached hydrogens (tertiary/aromatic N) is 3. The minimum Gasteiger partial charge on any atom is -0.511 e. The van der Waals surface area contributed by atoms with Gasteiger partial charge >= 0.3 is 5.97 Å². The highest BCUT2D eigenvalue weighted by atomic mass is 35.5. The molecule has 0 aromatic heterocycles. The van der Waals surface area contributed by atoms with Gasteiger partial charge in [-0.3, -0.25) is 4.79 Å². The number of hydrogen-bond acceptors (Lipinski definition) is 7. The number of fused-ring (bicyclic) bond motifs is 5. The van der Waals surface area contributed by atoms with Crippen molar-refractivity contribution >= 4 is 34.7 Å². The largest absolute Gasteiger partial charge is 0.511 e. The molecule has 5 aliphatic heterocycles. The molecule has 0 aromatic rings. The van der Waals surface area contributed by atoms with Crippen LogP contribution in [0.4, 0.5) is 0 Å². The number of halogens is 1. The number of hydrogen-bond donors (Lipinski definition) is 2. The number of allylic oxidation sites excluding steroid dienone is 12. The van der Waals surface area contributed by atoms with Crippen molar-refractivity contribution in [1.82, 2.24) is 5.32 Å². The number of nitrogens with one attached hydrogen (secondary N) is 1. The minimum atomic E-state index is -0.229. The molecular formula is C35H39ClN4O3. The molecule has 6 rings (SSSR count). The lowest BCUT2D eigenvalue weighted by Crippen LogP contribution is -2.16. The summed E-state index contributed by atoms with van der Waals surface area (Å²) in [4.78, 5) is 27.7. The van der Waals surface area contributed by atoms with Gasteiger partial charge in [-0.2, -0.15) is 0 Å². The first-order valence-corrected chi connectivity index (χ1v) is 15.7. The molecule has 0 saturated carbocycles. The average Bonchev–Trinajstić information content (AvgIpc) is 3.74. The van der Waals surface area contributed by atoms with E-state index in [-0.39, 0.29) is 17.8 Å². The predicted octanol–water partition coefficient (Wildman–Crippen LogP) is 7.63. The molecule has 8 heteroatoms. The molecule has 1 aliphatic carbocycles. The Morgan fingerprint density at radius 2 is 1.74 bits per heavy atom. The smallest absolute Gasteiger partial charge is 0.305 e. The van der Waals surface area contributed by atoms with E-state index < -0.39 is 0 Å². The van der Waals surface area contributed by atoms with E-state index in [9.17, 15) is 9.90 Å². The third kappa shape index (κ3) is 4.64. The Labute approximate surface area is 258 Å². The second-order valence-corrected chi connectivity index (χ2v) is 12.4. The van der Waals surface area contributed by atoms with E-state index in [0.717, 1.165) is 91.1 Å². The Kier molecular flexibility index (Phi) is 7.57. The maximum absolute atomic E-state index is 12.3. The van der Waals surface area contributed by atoms with Crippen molar-refractivity contribution in [2.45, 2.75) is 73.6 Å². The van der Waals surface area contributed by atoms with Crippen molar-refractivity contribution in [2.24, 2.45) is 26.8 Å². The lowest BCUT2D eigenvalue weighted by atomic mass is 9.85. The lowest BCUT2D eigenvalue weighted by Gasteiger charge is -2.17. The molecule has 7 nitrogen and oxygen atoms in total. The van der Waals surface area contributed by atoms with Crippen LogP contribution in [-0.4, -0.2) is 41.2 Å². The van der Waals surface area contributed by atoms with Crippen LogP contribution >= 0.6 is 11.6 Å². The van der Waals surface area contributed by atoms with Crippen molar-refractivity contribution in [3.05, 3.63) is 91.0 Å². The molecule has 1 fully saturated rings. The van der Waals surface area contributed by atoms with Crippen LogP contribution in [0.25, 0.3) is 0 Å². The number of esters is 1. The minimum absolute atomic E-state index is 0.0229. The van der Waals surface area contributed by atoms with E-state index in [1.54, 1.807) is 0 Å². The van der Waals surface area contributed by atoms with Gasteiger partial charge in [0.1, 0.15) is 5.76 Å². The third-order valence-electron chi connectivity index (χ3n) is 9.80. The number of aliphatic hydroxyl groups is 1. The van der Waals surface area contributed by atoms with E-state index in [2.05, 4.69) is 52.1 Å². The highest BCUT2D eigenvalue weighted by Gasteiger charge is 2.42. The van der Waals surface area contributed by atoms with Crippen LogP contribution in [0.1, 0.15) is 73.6 Å². The maximum atomic E-state index is 12.3. The number of aliphatic hydroxyl groups excluding tert-OH is 1. The summed E-state index contributed by atoms with van der Waals surface area (Å²) in [5, 5.41) is 15.0. The van der Waals surface area contributed by atoms with Gasteiger partial charge in [-0.25, -0.2) is 15.0 Å². The fourth-order valence-electron chi connectivity index (χ4n) is 7.37. The fourth-order valence-corrected chi connectivity index (χ4v) is 7.56. The first-order valence-electron chi connectivity index (χ1n) is 15.2. The number of aliphatic imine (C=N–C) groups is 3. The highest BCUT2D eigenvalue weighted by molar-refractivity contribution is 6.21. The van der Waals surface area contributed by atoms with Crippen molar-refractivity contribution in [1.29, 1.82) is 0 Å². The summed E-state index contributed by atoms with van der Waals surface area (Å²) in [5.74, 6) is 0.715. The van der Waals surface area contributed by atoms with Gasteiger partial charge in [-0.05, 0) is 92.5 Å². The number of ether oxygens (including phenoxy) is 1. The van der Waals surface area contributed by atoms with Crippen molar-refractivity contribution < 1.29 is 14.6 Å². The van der Waals surface area contributed by atoms with Crippen LogP contribution in [0.15, 0.2) is 106 Å². The number of rotatable bonds is 6. The average molecular weight is 599 g/mol. The molecule has 0 unspecified atom stereocenters. The Balaban J connectivity index is 1.62. The molecule has 0 aromatic carbocycles. The van der Waals surface area contributed by atoms with Crippen LogP contribution in [0.3, 0.4) is 0 Å². The molecule has 2 atom stereocenters. The number of carbonyl (C=O) groups is 1. The molecule has 224 valence electrons. The van der Waals surface area contributed by atoms with E-state index in [4.69, 9.17) is 31.3 Å². The van der Waals surface area contributed by atoms with Crippen molar-refractivity contribution in [3.8, 4) is 0 Å². The first kappa shape index (κ1) is 29.4. The van der Waals surface area contributed by atoms with Crippen LogP contribution in [-0.2, 0) is 9.53 Å². The summed E-state index contributed by atoms with van der Waals surface area (Å²) in [7, 11) is 1.43. The van der Waals surface area contributed by atoms with E-state index in [1.807, 2.05) is 6.92 Å². The Morgan fingerprint density at radius 1 is 1.00 bits per heavy atom. The number of carbonyl (C=O) groups excluding carboxylic acids is 1. The molecule has 6 aliphatic rings. The SMILES string of the molecule is CCC1=C(C)C2=NC1=CC1=C(C)C3=C(O)CC(=C4NC(=C(C)C5=NC(=C2)C(CCCl)=C5C)[C@@H](C)[C@@H]4CCC(=O)OC)C3=N1. The lowest BCUT2D eigenvalue weighted by molar-refractivity contribution is -0.140. The second kappa shape index (κ2) is 11.1. The summed E-state index contributed by atoms with van der Waals surface area (Å²) < 4.78 is 5.00. The number of methoxy groups -OCH3 is 1. The van der Waals surface area contributed by atoms with Gasteiger partial charge < -0.3 is 15.2 Å². The molecule has 43 heavy (non-hydrogen) atoms. The zero-order valence-corrected chi connectivity index (χ0v) is 26.8. The van der Waals surface area contributed by atoms with E-state index >= 15 is 0 Å². The Hall–Kier alpha value is -3.71. The zero-order chi connectivity index (χ0) is 30.7. The van der Waals surface area contributed by atoms with Crippen molar-refractivity contribution in [3.63, 3.8) is 0 Å². The third-order valence-corrected chi connectivity index (χ3v) is 9.99. The summed E-state index contributed by atoms with van der Waals surface area (Å²) in [6.07, 6.45) is 7.04. The summed E-state index contributed by atoms with van der Waals surface area (Å²) in [6, 6.07) is 0. The van der Waals surface area contributed by atoms with Gasteiger partial charge in [0.15, 0.2) is 0 Å². The van der Waals surface area contributed by atoms with E-state index in [0.29, 0.717) is 37.3 Å². The van der Waals surface area contributed by atoms with Crippen molar-refractivity contribution in [2.75, 3.05) is 13.0 Å². The van der Waals surface area contributed by atoms with E-state index in [1.165, 1.54) is 12.7 Å². The van der Waals surface area contributed by atoms with Crippen LogP contribution in [0.5, 0.6) is 0 Å². The standard InChI is InChI=1S/C35H39ClN4O3/c1-8-21-16(2)25-14-28-22(11-12-36)17(3)32(39-28)20(6)33-18(4)23(9-10-30(42)43-7)34(40-33)24-13-29(41)31-19(5)26(38-35(24)31)15-27(21)37-25/h14-15,18,23,40-41H,8-13H2,1-7H3/t18-,23-/m0/s1. The number of alkyl halides is 1. The molecule has 0 radical (unpaired) electrons. The molecule has 5 heterocycles. The maximum Gasteiger partial charge on any atom is 0.305 e. The van der Waals surface area contributed by atoms with Gasteiger partial charge in [0.2, 0.25) is 0 Å². The van der Waals surface area contributed by atoms with Gasteiger partial charge in [0.05, 0.1) is 41.3 Å². The van der Waals surface area contributed by atoms with Crippen LogP contribution in [0, 0.1) is 11.8 Å². The zero-order valence-electron chi connectivity index (χ0n) is 26.0. The Bertz CT molecular complexity index is 1720. The molecule has 1 saturated heterocycles. The Morgan fingerprint density at radius 3 is 2.44 bits per heavy atom. The topological polar surface area (TPSA) is 95.6 Å². The summed E-state index contributed by atoms with van der Waals surface area (Å²) >= 11 is 6.31.